The van der Waals surface area contributed by atoms with Gasteiger partial charge < -0.3 is 9.84 Å². The Morgan fingerprint density at radius 3 is 2.38 bits per heavy atom. The van der Waals surface area contributed by atoms with Crippen LogP contribution in [0.15, 0.2) is 60.8 Å². The Hall–Kier alpha value is -2.77. The van der Waals surface area contributed by atoms with Gasteiger partial charge in [-0.2, -0.15) is 0 Å². The van der Waals surface area contributed by atoms with Crippen LogP contribution in [0.4, 0.5) is 0 Å². The monoisotopic (exact) mass is 540 g/mol. The zero-order valence-electron chi connectivity index (χ0n) is 21.1. The van der Waals surface area contributed by atoms with Crippen molar-refractivity contribution in [2.24, 2.45) is 0 Å². The van der Waals surface area contributed by atoms with Crippen molar-refractivity contribution in [1.29, 1.82) is 0 Å². The van der Waals surface area contributed by atoms with Gasteiger partial charge in [0.1, 0.15) is 0 Å². The van der Waals surface area contributed by atoms with Gasteiger partial charge in [-0.3, -0.25) is 19.5 Å². The van der Waals surface area contributed by atoms with Crippen LogP contribution >= 0.6 is 23.2 Å². The summed E-state index contributed by atoms with van der Waals surface area (Å²) in [4.78, 5) is 32.1. The number of amides is 1. The van der Waals surface area contributed by atoms with Crippen molar-refractivity contribution in [2.45, 2.75) is 64.5 Å². The number of hydrogen-bond donors (Lipinski definition) is 1. The average Bonchev–Trinajstić information content (AvgIpc) is 3.41. The first-order valence-corrected chi connectivity index (χ1v) is 13.2. The molecule has 1 amide bonds. The number of nitrogens with zero attached hydrogens (tertiary/aromatic N) is 2. The summed E-state index contributed by atoms with van der Waals surface area (Å²) in [6.45, 7) is 5.62. The lowest BCUT2D eigenvalue weighted by molar-refractivity contribution is -0.147. The molecular formula is C29H30Cl2N2O4. The first kappa shape index (κ1) is 27.3. The third kappa shape index (κ3) is 5.30. The number of hydrogen-bond acceptors (Lipinski definition) is 5. The van der Waals surface area contributed by atoms with E-state index in [4.69, 9.17) is 27.9 Å². The summed E-state index contributed by atoms with van der Waals surface area (Å²) in [5.74, 6) is -0.399. The molecule has 0 spiro atoms. The van der Waals surface area contributed by atoms with E-state index in [1.807, 2.05) is 26.0 Å². The molecule has 2 aromatic carbocycles. The molecule has 3 aromatic rings. The van der Waals surface area contributed by atoms with Crippen molar-refractivity contribution < 1.29 is 19.4 Å². The van der Waals surface area contributed by atoms with Crippen molar-refractivity contribution >= 4 is 34.9 Å². The zero-order chi connectivity index (χ0) is 26.7. The molecule has 1 N–H and O–H groups in total. The van der Waals surface area contributed by atoms with Gasteiger partial charge in [0, 0.05) is 33.5 Å². The molecule has 8 heteroatoms. The Bertz CT molecular complexity index is 1280. The van der Waals surface area contributed by atoms with E-state index in [-0.39, 0.29) is 24.3 Å². The molecule has 3 unspecified atom stereocenters. The number of pyridine rings is 1. The lowest BCUT2D eigenvalue weighted by Gasteiger charge is -2.41. The van der Waals surface area contributed by atoms with Crippen molar-refractivity contribution in [3.05, 3.63) is 98.8 Å². The number of benzene rings is 2. The topological polar surface area (TPSA) is 79.7 Å². The predicted molar refractivity (Wildman–Crippen MR) is 144 cm³/mol. The summed E-state index contributed by atoms with van der Waals surface area (Å²) < 4.78 is 6.83. The van der Waals surface area contributed by atoms with Gasteiger partial charge in [-0.05, 0) is 56.5 Å². The molecule has 1 fully saturated rings. The second-order valence-corrected chi connectivity index (χ2v) is 9.91. The number of rotatable bonds is 6. The van der Waals surface area contributed by atoms with Gasteiger partial charge in [-0.25, -0.2) is 0 Å². The third-order valence-corrected chi connectivity index (χ3v) is 7.16. The second kappa shape index (κ2) is 11.3. The van der Waals surface area contributed by atoms with Crippen molar-refractivity contribution in [1.82, 2.24) is 9.88 Å². The molecule has 5 rings (SSSR count). The SMILES string of the molecule is CC.CC(=O)c1ccc2c(c1)C(=O)N(Cc1ccc(Cl)cn1)C2(OC1CCC(O)C1)c1ccc(Cl)cc1. The van der Waals surface area contributed by atoms with Crippen LogP contribution < -0.4 is 0 Å². The molecule has 194 valence electrons. The average molecular weight is 541 g/mol. The molecule has 3 atom stereocenters. The van der Waals surface area contributed by atoms with Crippen LogP contribution in [0.1, 0.15) is 77.6 Å². The van der Waals surface area contributed by atoms with E-state index in [1.54, 1.807) is 47.4 Å². The molecule has 37 heavy (non-hydrogen) atoms. The summed E-state index contributed by atoms with van der Waals surface area (Å²) in [5, 5.41) is 11.3. The van der Waals surface area contributed by atoms with Crippen molar-refractivity contribution in [3.8, 4) is 0 Å². The zero-order valence-corrected chi connectivity index (χ0v) is 22.6. The van der Waals surface area contributed by atoms with Gasteiger partial charge in [0.25, 0.3) is 5.91 Å². The van der Waals surface area contributed by atoms with Crippen LogP contribution in [0.3, 0.4) is 0 Å². The number of aliphatic hydroxyl groups is 1. The highest BCUT2D eigenvalue weighted by Crippen LogP contribution is 2.48. The number of ketones is 1. The number of ether oxygens (including phenoxy) is 1. The fourth-order valence-corrected chi connectivity index (χ4v) is 5.20. The molecule has 6 nitrogen and oxygen atoms in total. The van der Waals surface area contributed by atoms with Crippen molar-refractivity contribution in [2.75, 3.05) is 0 Å². The summed E-state index contributed by atoms with van der Waals surface area (Å²) in [6.07, 6.45) is 2.58. The highest BCUT2D eigenvalue weighted by atomic mass is 35.5. The molecule has 1 aromatic heterocycles. The minimum atomic E-state index is -1.29. The fraction of sp³-hybridized carbons (Fsp3) is 0.345. The van der Waals surface area contributed by atoms with E-state index in [2.05, 4.69) is 4.98 Å². The molecule has 1 aliphatic heterocycles. The van der Waals surface area contributed by atoms with Crippen LogP contribution in [0.5, 0.6) is 0 Å². The molecule has 1 aliphatic carbocycles. The predicted octanol–water partition coefficient (Wildman–Crippen LogP) is 6.40. The summed E-state index contributed by atoms with van der Waals surface area (Å²) in [7, 11) is 0. The third-order valence-electron chi connectivity index (χ3n) is 6.69. The Morgan fingerprint density at radius 2 is 1.78 bits per heavy atom. The number of carbonyl (C=O) groups excluding carboxylic acids is 2. The standard InChI is InChI=1S/C27H24Cl2N2O4.C2H6/c1-16(32)17-2-11-25-24(12-17)26(34)31(15-21-8-7-20(29)14-30-21)27(25,18-3-5-19(28)6-4-18)35-23-10-9-22(33)13-23;1-2/h2-8,11-12,14,22-23,33H,9-10,13,15H2,1H3;1-2H3. The Balaban J connectivity index is 0.00000156. The molecule has 0 radical (unpaired) electrons. The number of carbonyl (C=O) groups is 2. The normalized spacial score (nSPS) is 22.4. The van der Waals surface area contributed by atoms with E-state index in [9.17, 15) is 14.7 Å². The molecule has 2 heterocycles. The maximum atomic E-state index is 13.9. The van der Waals surface area contributed by atoms with Crippen molar-refractivity contribution in [3.63, 3.8) is 0 Å². The van der Waals surface area contributed by atoms with Crippen LogP contribution in [-0.4, -0.2) is 38.9 Å². The smallest absolute Gasteiger partial charge is 0.257 e. The summed E-state index contributed by atoms with van der Waals surface area (Å²) >= 11 is 12.2. The van der Waals surface area contributed by atoms with Gasteiger partial charge in [0.05, 0.1) is 29.5 Å². The van der Waals surface area contributed by atoms with E-state index >= 15 is 0 Å². The van der Waals surface area contributed by atoms with Crippen LogP contribution in [0, 0.1) is 0 Å². The molecule has 0 bridgehead atoms. The molecule has 2 aliphatic rings. The van der Waals surface area contributed by atoms with E-state index in [0.29, 0.717) is 51.7 Å². The Kier molecular flexibility index (Phi) is 8.34. The number of Topliss-reactive ketones (excluding diaryl/α,β-unsaturated/α-hetero) is 1. The molecule has 0 saturated heterocycles. The van der Waals surface area contributed by atoms with Gasteiger partial charge in [-0.1, -0.05) is 61.3 Å². The largest absolute Gasteiger partial charge is 0.393 e. The number of fused-ring (bicyclic) bond motifs is 1. The summed E-state index contributed by atoms with van der Waals surface area (Å²) in [5.41, 5.74) is 1.56. The van der Waals surface area contributed by atoms with E-state index in [1.165, 1.54) is 13.1 Å². The maximum Gasteiger partial charge on any atom is 0.257 e. The maximum absolute atomic E-state index is 13.9. The highest BCUT2D eigenvalue weighted by Gasteiger charge is 2.54. The van der Waals surface area contributed by atoms with Gasteiger partial charge in [-0.15, -0.1) is 0 Å². The lowest BCUT2D eigenvalue weighted by atomic mass is 9.91. The highest BCUT2D eigenvalue weighted by molar-refractivity contribution is 6.30. The first-order chi connectivity index (χ1) is 17.8. The molecule has 1 saturated carbocycles. The second-order valence-electron chi connectivity index (χ2n) is 9.03. The van der Waals surface area contributed by atoms with Crippen LogP contribution in [-0.2, 0) is 17.0 Å². The Morgan fingerprint density at radius 1 is 1.08 bits per heavy atom. The fourth-order valence-electron chi connectivity index (χ4n) is 4.96. The number of halogens is 2. The summed E-state index contributed by atoms with van der Waals surface area (Å²) in [6, 6.07) is 15.8. The van der Waals surface area contributed by atoms with Gasteiger partial charge in [0.2, 0.25) is 0 Å². The van der Waals surface area contributed by atoms with Crippen LogP contribution in [0.25, 0.3) is 0 Å². The number of aromatic nitrogens is 1. The van der Waals surface area contributed by atoms with Gasteiger partial charge >= 0.3 is 0 Å². The quantitative estimate of drug-likeness (QED) is 0.365. The first-order valence-electron chi connectivity index (χ1n) is 12.5. The minimum Gasteiger partial charge on any atom is -0.393 e. The Labute approximate surface area is 227 Å². The van der Waals surface area contributed by atoms with Gasteiger partial charge in [0.15, 0.2) is 11.5 Å². The number of aliphatic hydroxyl groups excluding tert-OH is 1. The minimum absolute atomic E-state index is 0.129. The van der Waals surface area contributed by atoms with E-state index in [0.717, 1.165) is 5.56 Å². The lowest BCUT2D eigenvalue weighted by Crippen LogP contribution is -2.48. The van der Waals surface area contributed by atoms with Crippen LogP contribution in [0.2, 0.25) is 10.0 Å². The molecular weight excluding hydrogens is 511 g/mol. The van der Waals surface area contributed by atoms with E-state index < -0.39 is 11.8 Å².